The van der Waals surface area contributed by atoms with Crippen molar-refractivity contribution < 1.29 is 14.3 Å². The third-order valence-corrected chi connectivity index (χ3v) is 4.20. The Morgan fingerprint density at radius 3 is 2.90 bits per heavy atom. The van der Waals surface area contributed by atoms with Gasteiger partial charge < -0.3 is 9.47 Å². The molecule has 0 bridgehead atoms. The van der Waals surface area contributed by atoms with Gasteiger partial charge in [0.05, 0.1) is 23.9 Å². The lowest BCUT2D eigenvalue weighted by Crippen LogP contribution is -2.07. The van der Waals surface area contributed by atoms with Crippen molar-refractivity contribution in [3.05, 3.63) is 36.0 Å². The van der Waals surface area contributed by atoms with Crippen molar-refractivity contribution in [1.29, 1.82) is 0 Å². The Hall–Kier alpha value is -2.14. The van der Waals surface area contributed by atoms with Crippen LogP contribution in [0.4, 0.5) is 0 Å². The van der Waals surface area contributed by atoms with E-state index in [1.165, 1.54) is 6.20 Å². The molecular weight excluding hydrogens is 274 g/mol. The van der Waals surface area contributed by atoms with Crippen LogP contribution in [0, 0.1) is 0 Å². The lowest BCUT2D eigenvalue weighted by Gasteiger charge is -2.08. The SMILES string of the molecule is CCOC(=O)c1cnc2c(sc3ccccc32)c1OC. The van der Waals surface area contributed by atoms with Gasteiger partial charge in [0.2, 0.25) is 0 Å². The van der Waals surface area contributed by atoms with Gasteiger partial charge in [-0.2, -0.15) is 0 Å². The fraction of sp³-hybridized carbons (Fsp3) is 0.200. The summed E-state index contributed by atoms with van der Waals surface area (Å²) in [5.74, 6) is 0.130. The predicted octanol–water partition coefficient (Wildman–Crippen LogP) is 3.63. The standard InChI is InChI=1S/C15H13NO3S/c1-3-19-15(17)10-8-16-12-9-6-4-5-7-11(9)20-14(12)13(10)18-2/h4-8H,3H2,1-2H3. The summed E-state index contributed by atoms with van der Waals surface area (Å²) in [5, 5.41) is 1.07. The summed E-state index contributed by atoms with van der Waals surface area (Å²) in [4.78, 5) is 16.4. The van der Waals surface area contributed by atoms with Gasteiger partial charge in [-0.15, -0.1) is 11.3 Å². The normalized spacial score (nSPS) is 10.9. The van der Waals surface area contributed by atoms with Crippen LogP contribution in [0.25, 0.3) is 20.3 Å². The molecule has 2 heterocycles. The van der Waals surface area contributed by atoms with Crippen LogP contribution in [0.15, 0.2) is 30.5 Å². The van der Waals surface area contributed by atoms with Gasteiger partial charge in [-0.1, -0.05) is 18.2 Å². The maximum atomic E-state index is 11.9. The number of hydrogen-bond donors (Lipinski definition) is 0. The van der Waals surface area contributed by atoms with Crippen LogP contribution < -0.4 is 4.74 Å². The van der Waals surface area contributed by atoms with E-state index in [1.807, 2.05) is 24.3 Å². The molecule has 0 fully saturated rings. The highest BCUT2D eigenvalue weighted by Gasteiger charge is 2.20. The van der Waals surface area contributed by atoms with Crippen LogP contribution in [-0.2, 0) is 4.74 Å². The molecule has 0 atom stereocenters. The van der Waals surface area contributed by atoms with Crippen LogP contribution in [0.3, 0.4) is 0 Å². The van der Waals surface area contributed by atoms with Crippen molar-refractivity contribution in [2.75, 3.05) is 13.7 Å². The van der Waals surface area contributed by atoms with Crippen LogP contribution in [-0.4, -0.2) is 24.7 Å². The van der Waals surface area contributed by atoms with Gasteiger partial charge in [0, 0.05) is 16.3 Å². The first-order chi connectivity index (χ1) is 9.76. The highest BCUT2D eigenvalue weighted by molar-refractivity contribution is 7.26. The van der Waals surface area contributed by atoms with E-state index in [0.29, 0.717) is 17.9 Å². The van der Waals surface area contributed by atoms with Gasteiger partial charge in [0.15, 0.2) is 5.75 Å². The quantitative estimate of drug-likeness (QED) is 0.690. The van der Waals surface area contributed by atoms with E-state index in [-0.39, 0.29) is 0 Å². The zero-order chi connectivity index (χ0) is 14.1. The molecule has 2 aromatic heterocycles. The number of aromatic nitrogens is 1. The first-order valence-corrected chi connectivity index (χ1v) is 7.09. The van der Waals surface area contributed by atoms with E-state index >= 15 is 0 Å². The molecule has 0 spiro atoms. The Bertz CT molecular complexity index is 794. The van der Waals surface area contributed by atoms with E-state index < -0.39 is 5.97 Å². The fourth-order valence-electron chi connectivity index (χ4n) is 2.18. The number of esters is 1. The van der Waals surface area contributed by atoms with E-state index in [2.05, 4.69) is 4.98 Å². The second-order valence-electron chi connectivity index (χ2n) is 4.20. The fourth-order valence-corrected chi connectivity index (χ4v) is 3.37. The summed E-state index contributed by atoms with van der Waals surface area (Å²) >= 11 is 1.57. The van der Waals surface area contributed by atoms with Crippen molar-refractivity contribution in [1.82, 2.24) is 4.98 Å². The number of pyridine rings is 1. The average Bonchev–Trinajstić information content (AvgIpc) is 2.85. The van der Waals surface area contributed by atoms with Gasteiger partial charge in [-0.3, -0.25) is 4.98 Å². The first kappa shape index (κ1) is 12.9. The summed E-state index contributed by atoms with van der Waals surface area (Å²) in [6.07, 6.45) is 1.53. The molecule has 0 aliphatic heterocycles. The molecular formula is C15H13NO3S. The van der Waals surface area contributed by atoms with E-state index in [9.17, 15) is 4.79 Å². The minimum absolute atomic E-state index is 0.326. The van der Waals surface area contributed by atoms with Crippen molar-refractivity contribution in [3.63, 3.8) is 0 Å². The lowest BCUT2D eigenvalue weighted by molar-refractivity contribution is 0.0522. The Labute approximate surface area is 120 Å². The number of nitrogens with zero attached hydrogens (tertiary/aromatic N) is 1. The maximum absolute atomic E-state index is 11.9. The molecule has 0 unspecified atom stereocenters. The Morgan fingerprint density at radius 1 is 1.35 bits per heavy atom. The second kappa shape index (κ2) is 5.09. The third kappa shape index (κ3) is 1.91. The molecule has 20 heavy (non-hydrogen) atoms. The lowest BCUT2D eigenvalue weighted by atomic mass is 10.2. The van der Waals surface area contributed by atoms with Gasteiger partial charge in [0.1, 0.15) is 5.56 Å². The average molecular weight is 287 g/mol. The second-order valence-corrected chi connectivity index (χ2v) is 5.25. The van der Waals surface area contributed by atoms with Gasteiger partial charge in [0.25, 0.3) is 0 Å². The van der Waals surface area contributed by atoms with E-state index in [0.717, 1.165) is 20.3 Å². The van der Waals surface area contributed by atoms with Crippen LogP contribution in [0.2, 0.25) is 0 Å². The zero-order valence-electron chi connectivity index (χ0n) is 11.2. The van der Waals surface area contributed by atoms with Crippen LogP contribution in [0.1, 0.15) is 17.3 Å². The number of carbonyl (C=O) groups is 1. The Balaban J connectivity index is 2.30. The van der Waals surface area contributed by atoms with Crippen molar-refractivity contribution in [3.8, 4) is 5.75 Å². The van der Waals surface area contributed by atoms with Crippen LogP contribution >= 0.6 is 11.3 Å². The summed E-state index contributed by atoms with van der Waals surface area (Å²) < 4.78 is 12.5. The van der Waals surface area contributed by atoms with Crippen molar-refractivity contribution in [2.24, 2.45) is 0 Å². The molecule has 0 saturated heterocycles. The molecule has 0 aliphatic rings. The number of methoxy groups -OCH3 is 1. The monoisotopic (exact) mass is 287 g/mol. The molecule has 0 N–H and O–H groups in total. The summed E-state index contributed by atoms with van der Waals surface area (Å²) in [6.45, 7) is 2.10. The number of ether oxygens (including phenoxy) is 2. The highest BCUT2D eigenvalue weighted by atomic mass is 32.1. The molecule has 0 aliphatic carbocycles. The summed E-state index contributed by atoms with van der Waals surface area (Å²) in [7, 11) is 1.56. The summed E-state index contributed by atoms with van der Waals surface area (Å²) in [5.41, 5.74) is 1.23. The number of rotatable bonds is 3. The van der Waals surface area contributed by atoms with E-state index in [1.54, 1.807) is 25.4 Å². The third-order valence-electron chi connectivity index (χ3n) is 3.04. The Morgan fingerprint density at radius 2 is 2.15 bits per heavy atom. The topological polar surface area (TPSA) is 48.4 Å². The predicted molar refractivity (Wildman–Crippen MR) is 79.6 cm³/mol. The Kier molecular flexibility index (Phi) is 3.28. The highest BCUT2D eigenvalue weighted by Crippen LogP contribution is 2.39. The van der Waals surface area contributed by atoms with Gasteiger partial charge in [-0.05, 0) is 13.0 Å². The molecule has 3 rings (SSSR count). The molecule has 3 aromatic rings. The molecule has 5 heteroatoms. The number of carbonyl (C=O) groups excluding carboxylic acids is 1. The molecule has 0 radical (unpaired) electrons. The zero-order valence-corrected chi connectivity index (χ0v) is 12.0. The first-order valence-electron chi connectivity index (χ1n) is 6.27. The van der Waals surface area contributed by atoms with E-state index in [4.69, 9.17) is 9.47 Å². The smallest absolute Gasteiger partial charge is 0.343 e. The summed E-state index contributed by atoms with van der Waals surface area (Å²) in [6, 6.07) is 8.01. The largest absolute Gasteiger partial charge is 0.494 e. The number of thiophene rings is 1. The molecule has 0 amide bonds. The minimum Gasteiger partial charge on any atom is -0.494 e. The van der Waals surface area contributed by atoms with Gasteiger partial charge in [-0.25, -0.2) is 4.79 Å². The number of hydrogen-bond acceptors (Lipinski definition) is 5. The molecule has 102 valence electrons. The number of fused-ring (bicyclic) bond motifs is 3. The molecule has 1 aromatic carbocycles. The van der Waals surface area contributed by atoms with Crippen molar-refractivity contribution in [2.45, 2.75) is 6.92 Å². The maximum Gasteiger partial charge on any atom is 0.343 e. The minimum atomic E-state index is -0.406. The van der Waals surface area contributed by atoms with Gasteiger partial charge >= 0.3 is 5.97 Å². The van der Waals surface area contributed by atoms with Crippen LogP contribution in [0.5, 0.6) is 5.75 Å². The van der Waals surface area contributed by atoms with Crippen molar-refractivity contribution >= 4 is 37.6 Å². The molecule has 4 nitrogen and oxygen atoms in total. The molecule has 0 saturated carbocycles. The number of benzene rings is 1.